The molecule has 0 amide bonds. The molecule has 1 aromatic heterocycles. The molecule has 1 heterocycles. The van der Waals surface area contributed by atoms with Crippen molar-refractivity contribution in [3.8, 4) is 0 Å². The molecule has 0 fully saturated rings. The van der Waals surface area contributed by atoms with E-state index < -0.39 is 0 Å². The fourth-order valence-corrected chi connectivity index (χ4v) is 1.82. The summed E-state index contributed by atoms with van der Waals surface area (Å²) in [7, 11) is 0. The van der Waals surface area contributed by atoms with Gasteiger partial charge >= 0.3 is 0 Å². The average Bonchev–Trinajstić information content (AvgIpc) is 2.27. The Kier molecular flexibility index (Phi) is 2.46. The zero-order valence-corrected chi connectivity index (χ0v) is 8.64. The second-order valence-corrected chi connectivity index (χ2v) is 3.59. The maximum atomic E-state index is 5.91. The number of nitrogen functional groups attached to an aromatic ring is 1. The lowest BCUT2D eigenvalue weighted by atomic mass is 10.1. The lowest BCUT2D eigenvalue weighted by Gasteiger charge is -2.03. The van der Waals surface area contributed by atoms with Crippen molar-refractivity contribution >= 4 is 27.5 Å². The molecule has 0 aliphatic heterocycles. The lowest BCUT2D eigenvalue weighted by molar-refractivity contribution is 0.824. The number of pyridine rings is 1. The van der Waals surface area contributed by atoms with Crippen molar-refractivity contribution in [2.45, 2.75) is 0 Å². The van der Waals surface area contributed by atoms with Gasteiger partial charge in [0.2, 0.25) is 0 Å². The summed E-state index contributed by atoms with van der Waals surface area (Å²) in [6.07, 6.45) is 0. The van der Waals surface area contributed by atoms with Crippen molar-refractivity contribution in [1.82, 2.24) is 4.98 Å². The molecule has 0 atom stereocenters. The van der Waals surface area contributed by atoms with Crippen LogP contribution in [0.1, 0.15) is 0 Å². The van der Waals surface area contributed by atoms with Crippen LogP contribution in [0.3, 0.4) is 0 Å². The number of fused-ring (bicyclic) bond motifs is 2. The summed E-state index contributed by atoms with van der Waals surface area (Å²) in [6, 6.07) is 16.0. The normalized spacial score (nSPS) is 10.2. The van der Waals surface area contributed by atoms with E-state index in [0.717, 1.165) is 27.5 Å². The number of hydrogen-bond acceptors (Lipinski definition) is 2. The molecular weight excluding hydrogens is 200 g/mol. The highest BCUT2D eigenvalue weighted by molar-refractivity contribution is 5.98. The Balaban J connectivity index is 0.000000963. The van der Waals surface area contributed by atoms with Gasteiger partial charge in [-0.15, -0.1) is 0 Å². The molecule has 16 heavy (non-hydrogen) atoms. The molecule has 3 aromatic rings. The van der Waals surface area contributed by atoms with E-state index in [9.17, 15) is 0 Å². The fraction of sp³-hybridized carbons (Fsp3) is 0. The number of aromatic nitrogens is 1. The third-order valence-electron chi connectivity index (χ3n) is 2.59. The topological polar surface area (TPSA) is 70.4 Å². The minimum absolute atomic E-state index is 0. The summed E-state index contributed by atoms with van der Waals surface area (Å²) in [6.45, 7) is 0. The Morgan fingerprint density at radius 3 is 2.50 bits per heavy atom. The Labute approximate surface area is 92.8 Å². The Hall–Kier alpha value is -2.13. The van der Waals surface area contributed by atoms with E-state index in [1.807, 2.05) is 42.5 Å². The first kappa shape index (κ1) is 10.4. The van der Waals surface area contributed by atoms with Crippen molar-refractivity contribution < 1.29 is 5.48 Å². The number of anilines is 1. The average molecular weight is 212 g/mol. The number of hydrogen-bond donors (Lipinski definition) is 1. The van der Waals surface area contributed by atoms with E-state index >= 15 is 0 Å². The van der Waals surface area contributed by atoms with Crippen molar-refractivity contribution in [2.75, 3.05) is 5.73 Å². The molecule has 0 saturated carbocycles. The van der Waals surface area contributed by atoms with Gasteiger partial charge in [0.25, 0.3) is 0 Å². The van der Waals surface area contributed by atoms with Crippen molar-refractivity contribution in [3.05, 3.63) is 48.5 Å². The van der Waals surface area contributed by atoms with Gasteiger partial charge in [-0.05, 0) is 24.3 Å². The Morgan fingerprint density at radius 2 is 1.62 bits per heavy atom. The highest BCUT2D eigenvalue weighted by atomic mass is 16.0. The molecule has 0 bridgehead atoms. The molecule has 4 N–H and O–H groups in total. The Morgan fingerprint density at radius 1 is 0.875 bits per heavy atom. The number of rotatable bonds is 0. The molecule has 80 valence electrons. The summed E-state index contributed by atoms with van der Waals surface area (Å²) in [5.41, 5.74) is 8.65. The fourth-order valence-electron chi connectivity index (χ4n) is 1.82. The van der Waals surface area contributed by atoms with E-state index in [4.69, 9.17) is 5.73 Å². The summed E-state index contributed by atoms with van der Waals surface area (Å²) in [4.78, 5) is 4.56. The zero-order valence-electron chi connectivity index (χ0n) is 8.64. The minimum atomic E-state index is 0. The third-order valence-corrected chi connectivity index (χ3v) is 2.59. The Bertz CT molecular complexity index is 650. The molecule has 0 radical (unpaired) electrons. The summed E-state index contributed by atoms with van der Waals surface area (Å²) >= 11 is 0. The molecule has 0 aliphatic rings. The first-order valence-corrected chi connectivity index (χ1v) is 4.88. The highest BCUT2D eigenvalue weighted by Gasteiger charge is 2.00. The number of nitrogens with two attached hydrogens (primary N) is 1. The van der Waals surface area contributed by atoms with Crippen LogP contribution in [-0.4, -0.2) is 10.5 Å². The minimum Gasteiger partial charge on any atom is -0.412 e. The maximum absolute atomic E-state index is 5.91. The van der Waals surface area contributed by atoms with Crippen LogP contribution in [0.15, 0.2) is 48.5 Å². The van der Waals surface area contributed by atoms with Crippen LogP contribution >= 0.6 is 0 Å². The molecule has 0 aliphatic carbocycles. The standard InChI is InChI=1S/C13H10N2.H2O/c14-11-5-3-7-13-10(11)8-9-4-1-2-6-12(9)15-13;/h1-8H,14H2;1H2. The summed E-state index contributed by atoms with van der Waals surface area (Å²) in [5.74, 6) is 0. The predicted molar refractivity (Wildman–Crippen MR) is 67.3 cm³/mol. The van der Waals surface area contributed by atoms with Crippen LogP contribution in [0, 0.1) is 0 Å². The van der Waals surface area contributed by atoms with Crippen LogP contribution < -0.4 is 5.73 Å². The van der Waals surface area contributed by atoms with Gasteiger partial charge in [0.1, 0.15) is 0 Å². The summed E-state index contributed by atoms with van der Waals surface area (Å²) in [5, 5.41) is 2.15. The monoisotopic (exact) mass is 212 g/mol. The second-order valence-electron chi connectivity index (χ2n) is 3.59. The van der Waals surface area contributed by atoms with Gasteiger partial charge in [-0.25, -0.2) is 4.98 Å². The number of nitrogens with zero attached hydrogens (tertiary/aromatic N) is 1. The first-order chi connectivity index (χ1) is 7.34. The number of para-hydroxylation sites is 1. The molecule has 2 aromatic carbocycles. The van der Waals surface area contributed by atoms with E-state index in [-0.39, 0.29) is 5.48 Å². The third kappa shape index (κ3) is 1.47. The second kappa shape index (κ2) is 3.79. The maximum Gasteiger partial charge on any atom is 0.0730 e. The quantitative estimate of drug-likeness (QED) is 0.458. The molecular formula is C13H12N2O. The molecule has 3 nitrogen and oxygen atoms in total. The predicted octanol–water partition coefficient (Wildman–Crippen LogP) is 2.15. The van der Waals surface area contributed by atoms with Gasteiger partial charge in [-0.2, -0.15) is 0 Å². The first-order valence-electron chi connectivity index (χ1n) is 4.88. The van der Waals surface area contributed by atoms with E-state index in [0.29, 0.717) is 0 Å². The van der Waals surface area contributed by atoms with E-state index in [1.54, 1.807) is 0 Å². The van der Waals surface area contributed by atoms with E-state index in [2.05, 4.69) is 11.1 Å². The van der Waals surface area contributed by atoms with E-state index in [1.165, 1.54) is 0 Å². The van der Waals surface area contributed by atoms with Crippen molar-refractivity contribution in [3.63, 3.8) is 0 Å². The van der Waals surface area contributed by atoms with Crippen LogP contribution in [0.25, 0.3) is 21.8 Å². The zero-order chi connectivity index (χ0) is 10.3. The number of benzene rings is 2. The molecule has 0 saturated heterocycles. The van der Waals surface area contributed by atoms with Crippen molar-refractivity contribution in [1.29, 1.82) is 0 Å². The SMILES string of the molecule is Nc1cccc2nc3ccccc3cc12.O. The lowest BCUT2D eigenvalue weighted by Crippen LogP contribution is -1.88. The van der Waals surface area contributed by atoms with Gasteiger partial charge in [-0.3, -0.25) is 0 Å². The van der Waals surface area contributed by atoms with Crippen molar-refractivity contribution in [2.24, 2.45) is 0 Å². The highest BCUT2D eigenvalue weighted by Crippen LogP contribution is 2.23. The molecule has 3 rings (SSSR count). The van der Waals surface area contributed by atoms with Gasteiger partial charge < -0.3 is 11.2 Å². The van der Waals surface area contributed by atoms with Gasteiger partial charge in [0, 0.05) is 16.5 Å². The summed E-state index contributed by atoms with van der Waals surface area (Å²) < 4.78 is 0. The van der Waals surface area contributed by atoms with Crippen LogP contribution in [0.5, 0.6) is 0 Å². The van der Waals surface area contributed by atoms with Gasteiger partial charge in [-0.1, -0.05) is 24.3 Å². The van der Waals surface area contributed by atoms with Gasteiger partial charge in [0.05, 0.1) is 11.0 Å². The largest absolute Gasteiger partial charge is 0.412 e. The molecule has 0 spiro atoms. The molecule has 3 heteroatoms. The van der Waals surface area contributed by atoms with Crippen LogP contribution in [-0.2, 0) is 0 Å². The van der Waals surface area contributed by atoms with Gasteiger partial charge in [0.15, 0.2) is 0 Å². The smallest absolute Gasteiger partial charge is 0.0730 e. The van der Waals surface area contributed by atoms with Crippen LogP contribution in [0.4, 0.5) is 5.69 Å². The van der Waals surface area contributed by atoms with Crippen LogP contribution in [0.2, 0.25) is 0 Å². The molecule has 0 unspecified atom stereocenters.